The molecule has 118 valence electrons. The largest absolute Gasteiger partial charge is 0.385 e. The number of rotatable bonds is 11. The lowest BCUT2D eigenvalue weighted by molar-refractivity contribution is -0.0869. The molecule has 0 aliphatic heterocycles. The van der Waals surface area contributed by atoms with E-state index in [1.54, 1.807) is 7.11 Å². The maximum Gasteiger partial charge on any atom is 0.0807 e. The summed E-state index contributed by atoms with van der Waals surface area (Å²) in [7, 11) is 1.73. The van der Waals surface area contributed by atoms with Gasteiger partial charge in [0.15, 0.2) is 0 Å². The second-order valence-corrected chi connectivity index (χ2v) is 6.21. The molecule has 2 rings (SSSR count). The van der Waals surface area contributed by atoms with Crippen molar-refractivity contribution in [2.75, 3.05) is 40.1 Å². The van der Waals surface area contributed by atoms with Crippen LogP contribution < -0.4 is 5.32 Å². The molecule has 4 nitrogen and oxygen atoms in total. The molecule has 2 fully saturated rings. The molecule has 0 heterocycles. The predicted octanol–water partition coefficient (Wildman–Crippen LogP) is 2.51. The lowest BCUT2D eigenvalue weighted by Crippen LogP contribution is -2.46. The van der Waals surface area contributed by atoms with E-state index in [2.05, 4.69) is 5.32 Å². The molecule has 1 N–H and O–H groups in total. The number of hydrogen-bond donors (Lipinski definition) is 1. The van der Waals surface area contributed by atoms with E-state index in [1.807, 2.05) is 0 Å². The van der Waals surface area contributed by atoms with Gasteiger partial charge in [-0.2, -0.15) is 0 Å². The fourth-order valence-corrected chi connectivity index (χ4v) is 2.91. The highest BCUT2D eigenvalue weighted by atomic mass is 16.5. The van der Waals surface area contributed by atoms with Crippen LogP contribution in [0.2, 0.25) is 0 Å². The number of nitrogens with one attached hydrogen (secondary N) is 1. The van der Waals surface area contributed by atoms with Crippen molar-refractivity contribution in [1.29, 1.82) is 0 Å². The average Bonchev–Trinajstić information content (AvgIpc) is 3.30. The molecule has 0 atom stereocenters. The maximum atomic E-state index is 6.24. The second-order valence-electron chi connectivity index (χ2n) is 6.21. The minimum Gasteiger partial charge on any atom is -0.385 e. The van der Waals surface area contributed by atoms with Gasteiger partial charge in [0.1, 0.15) is 0 Å². The molecule has 2 aliphatic carbocycles. The van der Waals surface area contributed by atoms with Crippen LogP contribution in [0.15, 0.2) is 0 Å². The molecule has 0 spiro atoms. The normalized spacial score (nSPS) is 22.1. The third kappa shape index (κ3) is 6.08. The molecular formula is C16H31NO3. The minimum atomic E-state index is 0.0801. The van der Waals surface area contributed by atoms with Crippen molar-refractivity contribution in [3.8, 4) is 0 Å². The van der Waals surface area contributed by atoms with Crippen molar-refractivity contribution < 1.29 is 14.2 Å². The summed E-state index contributed by atoms with van der Waals surface area (Å²) in [6.45, 7) is 4.00. The Kier molecular flexibility index (Phi) is 7.28. The van der Waals surface area contributed by atoms with Crippen LogP contribution in [0.5, 0.6) is 0 Å². The standard InChI is InChI=1S/C16H31NO3/c1-18-10-5-11-19-12-13-20-16(8-3-2-4-9-16)14-17-15-6-7-15/h15,17H,2-14H2,1H3. The van der Waals surface area contributed by atoms with Crippen molar-refractivity contribution in [3.05, 3.63) is 0 Å². The first-order valence-corrected chi connectivity index (χ1v) is 8.29. The molecule has 0 bridgehead atoms. The van der Waals surface area contributed by atoms with E-state index in [9.17, 15) is 0 Å². The van der Waals surface area contributed by atoms with E-state index in [0.29, 0.717) is 6.61 Å². The van der Waals surface area contributed by atoms with Crippen molar-refractivity contribution in [2.45, 2.75) is 63.0 Å². The van der Waals surface area contributed by atoms with Gasteiger partial charge in [-0.25, -0.2) is 0 Å². The monoisotopic (exact) mass is 285 g/mol. The molecule has 0 radical (unpaired) electrons. The number of methoxy groups -OCH3 is 1. The molecule has 20 heavy (non-hydrogen) atoms. The highest BCUT2D eigenvalue weighted by Crippen LogP contribution is 2.32. The van der Waals surface area contributed by atoms with Gasteiger partial charge in [-0.1, -0.05) is 19.3 Å². The Balaban J connectivity index is 1.59. The molecule has 2 saturated carbocycles. The summed E-state index contributed by atoms with van der Waals surface area (Å²) in [4.78, 5) is 0. The number of hydrogen-bond acceptors (Lipinski definition) is 4. The summed E-state index contributed by atoms with van der Waals surface area (Å²) in [5.41, 5.74) is 0.0801. The van der Waals surface area contributed by atoms with Crippen LogP contribution in [0.1, 0.15) is 51.4 Å². The molecule has 0 unspecified atom stereocenters. The van der Waals surface area contributed by atoms with Gasteiger partial charge in [0.05, 0.1) is 18.8 Å². The van der Waals surface area contributed by atoms with Crippen LogP contribution in [-0.4, -0.2) is 51.7 Å². The summed E-state index contributed by atoms with van der Waals surface area (Å²) in [5.74, 6) is 0. The van der Waals surface area contributed by atoms with Crippen LogP contribution in [0.25, 0.3) is 0 Å². The predicted molar refractivity (Wildman–Crippen MR) is 80.1 cm³/mol. The first kappa shape index (κ1) is 16.2. The maximum absolute atomic E-state index is 6.24. The fraction of sp³-hybridized carbons (Fsp3) is 1.00. The van der Waals surface area contributed by atoms with E-state index < -0.39 is 0 Å². The Morgan fingerprint density at radius 2 is 1.80 bits per heavy atom. The van der Waals surface area contributed by atoms with Crippen molar-refractivity contribution >= 4 is 0 Å². The minimum absolute atomic E-state index is 0.0801. The quantitative estimate of drug-likeness (QED) is 0.592. The lowest BCUT2D eigenvalue weighted by atomic mass is 9.84. The smallest absolute Gasteiger partial charge is 0.0807 e. The number of ether oxygens (including phenoxy) is 3. The average molecular weight is 285 g/mol. The van der Waals surface area contributed by atoms with E-state index >= 15 is 0 Å². The third-order valence-electron chi connectivity index (χ3n) is 4.33. The van der Waals surface area contributed by atoms with Gasteiger partial charge in [-0.3, -0.25) is 0 Å². The van der Waals surface area contributed by atoms with Crippen molar-refractivity contribution in [1.82, 2.24) is 5.32 Å². The van der Waals surface area contributed by atoms with Gasteiger partial charge in [-0.05, 0) is 32.1 Å². The molecule has 0 aromatic carbocycles. The lowest BCUT2D eigenvalue weighted by Gasteiger charge is -2.37. The van der Waals surface area contributed by atoms with E-state index in [0.717, 1.165) is 38.8 Å². The molecular weight excluding hydrogens is 254 g/mol. The van der Waals surface area contributed by atoms with E-state index in [1.165, 1.54) is 44.9 Å². The SMILES string of the molecule is COCCCOCCOC1(CNC2CC2)CCCCC1. The van der Waals surface area contributed by atoms with Crippen LogP contribution in [0, 0.1) is 0 Å². The molecule has 0 saturated heterocycles. The zero-order chi connectivity index (χ0) is 14.1. The topological polar surface area (TPSA) is 39.7 Å². The van der Waals surface area contributed by atoms with E-state index in [-0.39, 0.29) is 5.60 Å². The van der Waals surface area contributed by atoms with Crippen molar-refractivity contribution in [2.24, 2.45) is 0 Å². The first-order valence-electron chi connectivity index (χ1n) is 8.29. The van der Waals surface area contributed by atoms with Gasteiger partial charge in [0.2, 0.25) is 0 Å². The van der Waals surface area contributed by atoms with Crippen LogP contribution in [0.3, 0.4) is 0 Å². The molecule has 0 aromatic heterocycles. The summed E-state index contributed by atoms with van der Waals surface area (Å²) in [6.07, 6.45) is 10.0. The van der Waals surface area contributed by atoms with E-state index in [4.69, 9.17) is 14.2 Å². The fourth-order valence-electron chi connectivity index (χ4n) is 2.91. The van der Waals surface area contributed by atoms with Crippen LogP contribution >= 0.6 is 0 Å². The van der Waals surface area contributed by atoms with Crippen molar-refractivity contribution in [3.63, 3.8) is 0 Å². The molecule has 2 aliphatic rings. The Morgan fingerprint density at radius 3 is 2.50 bits per heavy atom. The first-order chi connectivity index (χ1) is 9.85. The van der Waals surface area contributed by atoms with Gasteiger partial charge in [-0.15, -0.1) is 0 Å². The van der Waals surface area contributed by atoms with Crippen LogP contribution in [-0.2, 0) is 14.2 Å². The summed E-state index contributed by atoms with van der Waals surface area (Å²) in [6, 6.07) is 0.766. The molecule has 4 heteroatoms. The Hall–Kier alpha value is -0.160. The summed E-state index contributed by atoms with van der Waals surface area (Å²) in [5, 5.41) is 3.65. The Bertz CT molecular complexity index is 250. The van der Waals surface area contributed by atoms with Gasteiger partial charge in [0.25, 0.3) is 0 Å². The molecule has 0 amide bonds. The Morgan fingerprint density at radius 1 is 1.00 bits per heavy atom. The molecule has 0 aromatic rings. The second kappa shape index (κ2) is 8.98. The zero-order valence-electron chi connectivity index (χ0n) is 13.0. The third-order valence-corrected chi connectivity index (χ3v) is 4.33. The highest BCUT2D eigenvalue weighted by Gasteiger charge is 2.34. The Labute approximate surface area is 123 Å². The zero-order valence-corrected chi connectivity index (χ0v) is 13.0. The van der Waals surface area contributed by atoms with Gasteiger partial charge in [0, 0.05) is 32.9 Å². The summed E-state index contributed by atoms with van der Waals surface area (Å²) >= 11 is 0. The summed E-state index contributed by atoms with van der Waals surface area (Å²) < 4.78 is 16.8. The van der Waals surface area contributed by atoms with Gasteiger partial charge >= 0.3 is 0 Å². The van der Waals surface area contributed by atoms with Gasteiger partial charge < -0.3 is 19.5 Å². The van der Waals surface area contributed by atoms with Crippen LogP contribution in [0.4, 0.5) is 0 Å². The highest BCUT2D eigenvalue weighted by molar-refractivity contribution is 4.91.